The van der Waals surface area contributed by atoms with Gasteiger partial charge in [0.05, 0.1) is 11.6 Å². The average Bonchev–Trinajstić information content (AvgIpc) is 2.82. The van der Waals surface area contributed by atoms with E-state index in [2.05, 4.69) is 29.2 Å². The van der Waals surface area contributed by atoms with Gasteiger partial charge in [0.25, 0.3) is 0 Å². The second-order valence-electron chi connectivity index (χ2n) is 6.07. The van der Waals surface area contributed by atoms with Gasteiger partial charge in [-0.05, 0) is 12.0 Å². The van der Waals surface area contributed by atoms with Crippen molar-refractivity contribution in [2.75, 3.05) is 44.4 Å². The molecule has 1 aromatic carbocycles. The molecule has 2 heterocycles. The maximum atomic E-state index is 12.4. The van der Waals surface area contributed by atoms with Gasteiger partial charge in [-0.25, -0.2) is 0 Å². The van der Waals surface area contributed by atoms with Crippen molar-refractivity contribution in [3.63, 3.8) is 0 Å². The first kappa shape index (κ1) is 16.3. The molecule has 0 aromatic heterocycles. The second kappa shape index (κ2) is 7.84. The van der Waals surface area contributed by atoms with Crippen molar-refractivity contribution in [3.8, 4) is 0 Å². The molecule has 0 spiro atoms. The van der Waals surface area contributed by atoms with E-state index in [1.165, 1.54) is 5.56 Å². The third kappa shape index (κ3) is 4.48. The van der Waals surface area contributed by atoms with E-state index in [-0.39, 0.29) is 18.4 Å². The zero-order valence-electron chi connectivity index (χ0n) is 13.3. The summed E-state index contributed by atoms with van der Waals surface area (Å²) in [5, 5.41) is 0. The Morgan fingerprint density at radius 2 is 1.91 bits per heavy atom. The highest BCUT2D eigenvalue weighted by molar-refractivity contribution is 8.00. The van der Waals surface area contributed by atoms with Crippen LogP contribution in [0.15, 0.2) is 30.3 Å². The molecule has 124 valence electrons. The van der Waals surface area contributed by atoms with Gasteiger partial charge in [-0.3, -0.25) is 14.5 Å². The third-order valence-electron chi connectivity index (χ3n) is 4.34. The van der Waals surface area contributed by atoms with Crippen molar-refractivity contribution in [3.05, 3.63) is 35.9 Å². The standard InChI is InChI=1S/C17H23N3O2S/c21-16(12-20-14-23-13-17(20)22)19-8-4-7-18(9-10-19)11-15-5-2-1-3-6-15/h1-3,5-6H,4,7-14H2. The molecule has 0 saturated carbocycles. The lowest BCUT2D eigenvalue weighted by Gasteiger charge is -2.24. The van der Waals surface area contributed by atoms with E-state index in [9.17, 15) is 9.59 Å². The number of hydrogen-bond acceptors (Lipinski definition) is 4. The van der Waals surface area contributed by atoms with Crippen LogP contribution in [-0.4, -0.2) is 70.9 Å². The van der Waals surface area contributed by atoms with Gasteiger partial charge in [0.2, 0.25) is 11.8 Å². The van der Waals surface area contributed by atoms with E-state index in [0.717, 1.165) is 39.1 Å². The first-order chi connectivity index (χ1) is 11.2. The minimum atomic E-state index is 0.0856. The molecule has 2 aliphatic heterocycles. The number of hydrogen-bond donors (Lipinski definition) is 0. The van der Waals surface area contributed by atoms with Gasteiger partial charge in [0.1, 0.15) is 6.54 Å². The minimum Gasteiger partial charge on any atom is -0.340 e. The third-order valence-corrected chi connectivity index (χ3v) is 5.29. The Morgan fingerprint density at radius 3 is 2.65 bits per heavy atom. The quantitative estimate of drug-likeness (QED) is 0.832. The van der Waals surface area contributed by atoms with E-state index in [1.807, 2.05) is 11.0 Å². The molecule has 2 saturated heterocycles. The molecule has 3 rings (SSSR count). The van der Waals surface area contributed by atoms with Gasteiger partial charge < -0.3 is 9.80 Å². The van der Waals surface area contributed by atoms with E-state index in [0.29, 0.717) is 11.6 Å². The number of amides is 2. The smallest absolute Gasteiger partial charge is 0.242 e. The molecule has 0 N–H and O–H groups in total. The van der Waals surface area contributed by atoms with Gasteiger partial charge >= 0.3 is 0 Å². The van der Waals surface area contributed by atoms with E-state index in [1.54, 1.807) is 16.7 Å². The van der Waals surface area contributed by atoms with Crippen molar-refractivity contribution >= 4 is 23.6 Å². The highest BCUT2D eigenvalue weighted by Gasteiger charge is 2.26. The predicted octanol–water partition coefficient (Wildman–Crippen LogP) is 1.25. The fourth-order valence-corrected chi connectivity index (χ4v) is 3.93. The van der Waals surface area contributed by atoms with Gasteiger partial charge in [-0.15, -0.1) is 11.8 Å². The summed E-state index contributed by atoms with van der Waals surface area (Å²) in [6.07, 6.45) is 0.987. The molecule has 0 aliphatic carbocycles. The molecule has 2 fully saturated rings. The molecule has 0 unspecified atom stereocenters. The average molecular weight is 333 g/mol. The Labute approximate surface area is 141 Å². The van der Waals surface area contributed by atoms with E-state index < -0.39 is 0 Å². The van der Waals surface area contributed by atoms with Crippen molar-refractivity contribution < 1.29 is 9.59 Å². The topological polar surface area (TPSA) is 43.9 Å². The summed E-state index contributed by atoms with van der Waals surface area (Å²) in [5.74, 6) is 1.34. The fourth-order valence-electron chi connectivity index (χ4n) is 3.02. The molecule has 1 aromatic rings. The maximum Gasteiger partial charge on any atom is 0.242 e. The molecule has 5 nitrogen and oxygen atoms in total. The summed E-state index contributed by atoms with van der Waals surface area (Å²) in [7, 11) is 0. The number of benzene rings is 1. The number of thioether (sulfide) groups is 1. The van der Waals surface area contributed by atoms with Crippen LogP contribution in [0.4, 0.5) is 0 Å². The Morgan fingerprint density at radius 1 is 1.09 bits per heavy atom. The number of carbonyl (C=O) groups is 2. The number of rotatable bonds is 4. The van der Waals surface area contributed by atoms with Crippen LogP contribution < -0.4 is 0 Å². The lowest BCUT2D eigenvalue weighted by Crippen LogP contribution is -2.42. The van der Waals surface area contributed by atoms with Gasteiger partial charge in [-0.1, -0.05) is 30.3 Å². The van der Waals surface area contributed by atoms with Crippen LogP contribution in [-0.2, 0) is 16.1 Å². The van der Waals surface area contributed by atoms with E-state index in [4.69, 9.17) is 0 Å². The Hall–Kier alpha value is -1.53. The van der Waals surface area contributed by atoms with Gasteiger partial charge in [-0.2, -0.15) is 0 Å². The zero-order chi connectivity index (χ0) is 16.1. The Kier molecular flexibility index (Phi) is 5.56. The highest BCUT2D eigenvalue weighted by Crippen LogP contribution is 2.15. The lowest BCUT2D eigenvalue weighted by molar-refractivity contribution is -0.137. The predicted molar refractivity (Wildman–Crippen MR) is 92.0 cm³/mol. The summed E-state index contributed by atoms with van der Waals surface area (Å²) in [6.45, 7) is 4.62. The largest absolute Gasteiger partial charge is 0.340 e. The van der Waals surface area contributed by atoms with Crippen LogP contribution in [0.5, 0.6) is 0 Å². The Bertz CT molecular complexity index is 552. The molecular weight excluding hydrogens is 310 g/mol. The van der Waals surface area contributed by atoms with Crippen LogP contribution in [0.1, 0.15) is 12.0 Å². The SMILES string of the molecule is O=C(CN1CSCC1=O)N1CCCN(Cc2ccccc2)CC1. The van der Waals surface area contributed by atoms with Crippen molar-refractivity contribution in [2.24, 2.45) is 0 Å². The molecule has 6 heteroatoms. The fraction of sp³-hybridized carbons (Fsp3) is 0.529. The van der Waals surface area contributed by atoms with Crippen LogP contribution >= 0.6 is 11.8 Å². The van der Waals surface area contributed by atoms with Crippen LogP contribution in [0.3, 0.4) is 0 Å². The van der Waals surface area contributed by atoms with Gasteiger partial charge in [0, 0.05) is 32.7 Å². The monoisotopic (exact) mass is 333 g/mol. The van der Waals surface area contributed by atoms with Crippen molar-refractivity contribution in [1.29, 1.82) is 0 Å². The maximum absolute atomic E-state index is 12.4. The Balaban J connectivity index is 1.49. The molecule has 2 aliphatic rings. The summed E-state index contributed by atoms with van der Waals surface area (Å²) in [6, 6.07) is 10.4. The normalized spacial score (nSPS) is 19.9. The lowest BCUT2D eigenvalue weighted by atomic mass is 10.2. The van der Waals surface area contributed by atoms with Crippen LogP contribution in [0, 0.1) is 0 Å². The molecule has 23 heavy (non-hydrogen) atoms. The molecule has 0 atom stereocenters. The summed E-state index contributed by atoms with van der Waals surface area (Å²) < 4.78 is 0. The van der Waals surface area contributed by atoms with Crippen LogP contribution in [0.2, 0.25) is 0 Å². The van der Waals surface area contributed by atoms with Crippen molar-refractivity contribution in [1.82, 2.24) is 14.7 Å². The van der Waals surface area contributed by atoms with E-state index >= 15 is 0 Å². The molecule has 0 radical (unpaired) electrons. The number of carbonyl (C=O) groups excluding carboxylic acids is 2. The highest BCUT2D eigenvalue weighted by atomic mass is 32.2. The molecule has 2 amide bonds. The second-order valence-corrected chi connectivity index (χ2v) is 7.02. The first-order valence-corrected chi connectivity index (χ1v) is 9.27. The summed E-state index contributed by atoms with van der Waals surface area (Å²) in [4.78, 5) is 30.0. The van der Waals surface area contributed by atoms with Gasteiger partial charge in [0.15, 0.2) is 0 Å². The minimum absolute atomic E-state index is 0.0856. The first-order valence-electron chi connectivity index (χ1n) is 8.12. The summed E-state index contributed by atoms with van der Waals surface area (Å²) in [5.41, 5.74) is 1.31. The number of nitrogens with zero attached hydrogens (tertiary/aromatic N) is 3. The molecule has 0 bridgehead atoms. The van der Waals surface area contributed by atoms with Crippen LogP contribution in [0.25, 0.3) is 0 Å². The summed E-state index contributed by atoms with van der Waals surface area (Å²) >= 11 is 1.58. The zero-order valence-corrected chi connectivity index (χ0v) is 14.1. The van der Waals surface area contributed by atoms with Crippen molar-refractivity contribution in [2.45, 2.75) is 13.0 Å². The molecular formula is C17H23N3O2S.